The number of benzene rings is 6. The molecule has 0 bridgehead atoms. The Morgan fingerprint density at radius 2 is 0.933 bits per heavy atom. The van der Waals surface area contributed by atoms with Gasteiger partial charge in [-0.1, -0.05) is 103 Å². The summed E-state index contributed by atoms with van der Waals surface area (Å²) in [5, 5.41) is 0. The van der Waals surface area contributed by atoms with Crippen LogP contribution < -0.4 is 9.47 Å². The van der Waals surface area contributed by atoms with Gasteiger partial charge in [-0.3, -0.25) is 4.98 Å². The van der Waals surface area contributed by atoms with Crippen LogP contribution >= 0.6 is 0 Å². The maximum atomic E-state index is 6.49. The Balaban J connectivity index is 1.22. The summed E-state index contributed by atoms with van der Waals surface area (Å²) in [6.45, 7) is 0. The molecule has 3 nitrogen and oxygen atoms in total. The second-order valence-corrected chi connectivity index (χ2v) is 11.9. The van der Waals surface area contributed by atoms with Crippen LogP contribution in [0.2, 0.25) is 0 Å². The Morgan fingerprint density at radius 1 is 0.378 bits per heavy atom. The lowest BCUT2D eigenvalue weighted by molar-refractivity contribution is 0.359. The van der Waals surface area contributed by atoms with Crippen LogP contribution in [0.25, 0.3) is 44.6 Å². The average molecular weight is 576 g/mol. The summed E-state index contributed by atoms with van der Waals surface area (Å²) < 4.78 is 12.9. The Labute approximate surface area is 261 Å². The van der Waals surface area contributed by atoms with Crippen LogP contribution in [-0.4, -0.2) is 4.98 Å². The first kappa shape index (κ1) is 24.5. The molecule has 10 rings (SSSR count). The highest BCUT2D eigenvalue weighted by molar-refractivity contribution is 5.96. The van der Waals surface area contributed by atoms with Gasteiger partial charge in [0.2, 0.25) is 0 Å². The van der Waals surface area contributed by atoms with Crippen LogP contribution in [0.5, 0.6) is 23.0 Å². The van der Waals surface area contributed by atoms with E-state index in [0.29, 0.717) is 0 Å². The highest BCUT2D eigenvalue weighted by atomic mass is 16.6. The SMILES string of the molecule is c1ccc(-c2ccc(-c3ccc4c(c3)C3(c5ccccc5-c5ccccc53)c3cc5c(cc3-4)Oc3ccccc3O5)cc2)nc1. The van der Waals surface area contributed by atoms with Gasteiger partial charge in [0, 0.05) is 11.8 Å². The van der Waals surface area contributed by atoms with E-state index in [1.54, 1.807) is 0 Å². The smallest absolute Gasteiger partial charge is 0.170 e. The van der Waals surface area contributed by atoms with Crippen LogP contribution in [0.1, 0.15) is 22.3 Å². The molecular formula is C42H25NO2. The van der Waals surface area contributed by atoms with Gasteiger partial charge in [-0.25, -0.2) is 0 Å². The first-order chi connectivity index (χ1) is 22.3. The molecule has 0 amide bonds. The topological polar surface area (TPSA) is 31.4 Å². The van der Waals surface area contributed by atoms with E-state index in [0.717, 1.165) is 34.3 Å². The maximum absolute atomic E-state index is 6.49. The minimum Gasteiger partial charge on any atom is -0.450 e. The van der Waals surface area contributed by atoms with E-state index in [2.05, 4.69) is 108 Å². The minimum absolute atomic E-state index is 0.489. The van der Waals surface area contributed by atoms with Crippen LogP contribution in [0.4, 0.5) is 0 Å². The zero-order valence-corrected chi connectivity index (χ0v) is 24.2. The summed E-state index contributed by atoms with van der Waals surface area (Å²) in [6, 6.07) is 51.7. The molecule has 0 atom stereocenters. The molecule has 0 radical (unpaired) electrons. The fourth-order valence-corrected chi connectivity index (χ4v) is 7.70. The van der Waals surface area contributed by atoms with E-state index in [1.807, 2.05) is 48.7 Å². The summed E-state index contributed by atoms with van der Waals surface area (Å²) >= 11 is 0. The fourth-order valence-electron chi connectivity index (χ4n) is 7.70. The van der Waals surface area contributed by atoms with Gasteiger partial charge >= 0.3 is 0 Å². The first-order valence-electron chi connectivity index (χ1n) is 15.3. The molecule has 1 aliphatic heterocycles. The third kappa shape index (κ3) is 3.32. The van der Waals surface area contributed by atoms with E-state index in [9.17, 15) is 0 Å². The van der Waals surface area contributed by atoms with Crippen molar-refractivity contribution in [3.8, 4) is 67.6 Å². The lowest BCUT2D eigenvalue weighted by Crippen LogP contribution is -2.26. The molecule has 0 saturated heterocycles. The van der Waals surface area contributed by atoms with E-state index in [-0.39, 0.29) is 0 Å². The predicted molar refractivity (Wildman–Crippen MR) is 178 cm³/mol. The molecule has 210 valence electrons. The molecule has 1 spiro atoms. The van der Waals surface area contributed by atoms with Crippen molar-refractivity contribution in [1.29, 1.82) is 0 Å². The van der Waals surface area contributed by atoms with Crippen LogP contribution in [0.15, 0.2) is 152 Å². The molecule has 3 aliphatic rings. The van der Waals surface area contributed by atoms with Gasteiger partial charge in [-0.2, -0.15) is 0 Å². The van der Waals surface area contributed by atoms with Crippen LogP contribution in [0.3, 0.4) is 0 Å². The second kappa shape index (κ2) is 9.04. The van der Waals surface area contributed by atoms with Crippen molar-refractivity contribution in [3.63, 3.8) is 0 Å². The Hall–Kier alpha value is -5.93. The lowest BCUT2D eigenvalue weighted by Gasteiger charge is -2.31. The zero-order valence-electron chi connectivity index (χ0n) is 24.2. The van der Waals surface area contributed by atoms with E-state index in [4.69, 9.17) is 9.47 Å². The minimum atomic E-state index is -0.489. The highest BCUT2D eigenvalue weighted by Crippen LogP contribution is 2.65. The predicted octanol–water partition coefficient (Wildman–Crippen LogP) is 10.7. The largest absolute Gasteiger partial charge is 0.450 e. The van der Waals surface area contributed by atoms with Crippen molar-refractivity contribution in [1.82, 2.24) is 4.98 Å². The third-order valence-corrected chi connectivity index (χ3v) is 9.62. The van der Waals surface area contributed by atoms with Crippen molar-refractivity contribution in [2.24, 2.45) is 0 Å². The average Bonchev–Trinajstić information content (AvgIpc) is 3.56. The van der Waals surface area contributed by atoms with Gasteiger partial charge in [-0.15, -0.1) is 0 Å². The van der Waals surface area contributed by atoms with Crippen LogP contribution in [-0.2, 0) is 5.41 Å². The molecule has 0 N–H and O–H groups in total. The summed E-state index contributed by atoms with van der Waals surface area (Å²) in [5.41, 5.74) is 14.0. The molecule has 2 heterocycles. The van der Waals surface area contributed by atoms with Gasteiger partial charge < -0.3 is 9.47 Å². The number of ether oxygens (including phenoxy) is 2. The van der Waals surface area contributed by atoms with Crippen molar-refractivity contribution in [2.45, 2.75) is 5.41 Å². The lowest BCUT2D eigenvalue weighted by atomic mass is 9.70. The molecule has 7 aromatic rings. The van der Waals surface area contributed by atoms with E-state index < -0.39 is 5.41 Å². The number of nitrogens with zero attached hydrogens (tertiary/aromatic N) is 1. The Morgan fingerprint density at radius 3 is 1.62 bits per heavy atom. The van der Waals surface area contributed by atoms with Gasteiger partial charge in [0.25, 0.3) is 0 Å². The molecule has 0 unspecified atom stereocenters. The van der Waals surface area contributed by atoms with Gasteiger partial charge in [0.15, 0.2) is 23.0 Å². The number of hydrogen-bond acceptors (Lipinski definition) is 3. The van der Waals surface area contributed by atoms with Crippen molar-refractivity contribution >= 4 is 0 Å². The maximum Gasteiger partial charge on any atom is 0.170 e. The van der Waals surface area contributed by atoms with Crippen molar-refractivity contribution < 1.29 is 9.47 Å². The zero-order chi connectivity index (χ0) is 29.5. The standard InChI is InChI=1S/C42H25NO2/c1-3-11-33-29(9-1)30-10-2-4-12-34(30)42(33)35-23-28(26-16-18-27(19-17-26)37-13-7-8-22-43-37)20-21-31(35)32-24-40-41(25-36(32)42)45-39-15-6-5-14-38(39)44-40/h1-25H. The van der Waals surface area contributed by atoms with Crippen molar-refractivity contribution in [2.75, 3.05) is 0 Å². The van der Waals surface area contributed by atoms with E-state index >= 15 is 0 Å². The molecule has 0 fully saturated rings. The molecule has 45 heavy (non-hydrogen) atoms. The van der Waals surface area contributed by atoms with Crippen LogP contribution in [0, 0.1) is 0 Å². The molecule has 6 aromatic carbocycles. The fraction of sp³-hybridized carbons (Fsp3) is 0.0238. The molecule has 3 heteroatoms. The Bertz CT molecular complexity index is 2280. The number of aromatic nitrogens is 1. The first-order valence-corrected chi connectivity index (χ1v) is 15.3. The number of rotatable bonds is 2. The van der Waals surface area contributed by atoms with E-state index in [1.165, 1.54) is 55.6 Å². The Kier molecular flexibility index (Phi) is 4.92. The molecule has 1 aromatic heterocycles. The normalized spacial score (nSPS) is 13.9. The number of pyridine rings is 1. The molecule has 2 aliphatic carbocycles. The number of hydrogen-bond donors (Lipinski definition) is 0. The number of fused-ring (bicyclic) bond motifs is 12. The quantitative estimate of drug-likeness (QED) is 0.205. The van der Waals surface area contributed by atoms with Crippen molar-refractivity contribution in [3.05, 3.63) is 174 Å². The molecule has 0 saturated carbocycles. The summed E-state index contributed by atoms with van der Waals surface area (Å²) in [7, 11) is 0. The van der Waals surface area contributed by atoms with Gasteiger partial charge in [-0.05, 0) is 98.1 Å². The van der Waals surface area contributed by atoms with Gasteiger partial charge in [0.1, 0.15) is 0 Å². The highest BCUT2D eigenvalue weighted by Gasteiger charge is 2.52. The summed E-state index contributed by atoms with van der Waals surface area (Å²) in [4.78, 5) is 4.54. The summed E-state index contributed by atoms with van der Waals surface area (Å²) in [6.07, 6.45) is 1.84. The third-order valence-electron chi connectivity index (χ3n) is 9.62. The summed E-state index contributed by atoms with van der Waals surface area (Å²) in [5.74, 6) is 2.95. The number of para-hydroxylation sites is 2. The van der Waals surface area contributed by atoms with Gasteiger partial charge in [0.05, 0.1) is 11.1 Å². The second-order valence-electron chi connectivity index (χ2n) is 11.9. The molecular weight excluding hydrogens is 550 g/mol. The monoisotopic (exact) mass is 575 g/mol.